The van der Waals surface area contributed by atoms with Gasteiger partial charge in [-0.3, -0.25) is 9.59 Å². The normalized spacial score (nSPS) is 20.5. The monoisotopic (exact) mass is 344 g/mol. The molecule has 6 nitrogen and oxygen atoms in total. The van der Waals surface area contributed by atoms with Gasteiger partial charge in [0.05, 0.1) is 17.0 Å². The van der Waals surface area contributed by atoms with E-state index in [2.05, 4.69) is 11.1 Å². The molecule has 7 heteroatoms. The molecule has 1 aliphatic carbocycles. The van der Waals surface area contributed by atoms with Crippen LogP contribution >= 0.6 is 11.8 Å². The Hall–Kier alpha value is -2.07. The van der Waals surface area contributed by atoms with Crippen molar-refractivity contribution >= 4 is 23.6 Å². The van der Waals surface area contributed by atoms with E-state index in [0.717, 1.165) is 25.0 Å². The zero-order valence-electron chi connectivity index (χ0n) is 13.6. The predicted molar refractivity (Wildman–Crippen MR) is 90.5 cm³/mol. The Morgan fingerprint density at radius 3 is 2.75 bits per heavy atom. The molecule has 0 bridgehead atoms. The zero-order chi connectivity index (χ0) is 17.3. The van der Waals surface area contributed by atoms with E-state index in [9.17, 15) is 14.9 Å². The minimum absolute atomic E-state index is 0.197. The van der Waals surface area contributed by atoms with Crippen LogP contribution in [0.3, 0.4) is 0 Å². The molecular weight excluding hydrogens is 324 g/mol. The number of rotatable bonds is 4. The smallest absolute Gasteiger partial charge is 0.255 e. The molecule has 1 atom stereocenters. The van der Waals surface area contributed by atoms with Crippen molar-refractivity contribution in [3.05, 3.63) is 22.9 Å². The molecule has 2 N–H and O–H groups in total. The van der Waals surface area contributed by atoms with Crippen LogP contribution in [0.1, 0.15) is 53.2 Å². The highest BCUT2D eigenvalue weighted by Gasteiger charge is 2.32. The molecule has 0 aromatic carbocycles. The van der Waals surface area contributed by atoms with Crippen molar-refractivity contribution in [1.29, 1.82) is 5.26 Å². The number of amides is 2. The maximum atomic E-state index is 13.0. The predicted octanol–water partition coefficient (Wildman–Crippen LogP) is 1.89. The van der Waals surface area contributed by atoms with Crippen molar-refractivity contribution in [2.24, 2.45) is 11.7 Å². The van der Waals surface area contributed by atoms with Gasteiger partial charge in [-0.1, -0.05) is 0 Å². The summed E-state index contributed by atoms with van der Waals surface area (Å²) in [6.45, 7) is 0.915. The number of pyridine rings is 1. The Labute approximate surface area is 145 Å². The number of thioether (sulfide) groups is 1. The first-order chi connectivity index (χ1) is 11.5. The lowest BCUT2D eigenvalue weighted by Gasteiger charge is -2.31. The van der Waals surface area contributed by atoms with Gasteiger partial charge in [-0.05, 0) is 38.0 Å². The van der Waals surface area contributed by atoms with E-state index >= 15 is 0 Å². The van der Waals surface area contributed by atoms with Crippen LogP contribution in [0, 0.1) is 17.2 Å². The highest BCUT2D eigenvalue weighted by molar-refractivity contribution is 7.98. The Bertz CT molecular complexity index is 724. The second-order valence-electron chi connectivity index (χ2n) is 6.36. The number of aromatic nitrogens is 1. The summed E-state index contributed by atoms with van der Waals surface area (Å²) < 4.78 is 0. The molecule has 2 heterocycles. The van der Waals surface area contributed by atoms with Gasteiger partial charge in [0.2, 0.25) is 5.91 Å². The maximum Gasteiger partial charge on any atom is 0.255 e. The fourth-order valence-electron chi connectivity index (χ4n) is 3.12. The SMILES string of the molecule is CSc1nc(C2CC2)cc(C(=O)N2CCCC(C(N)=O)C2)c1C#N. The summed E-state index contributed by atoms with van der Waals surface area (Å²) in [5.74, 6) is -0.476. The Balaban J connectivity index is 1.95. The van der Waals surface area contributed by atoms with Gasteiger partial charge >= 0.3 is 0 Å². The van der Waals surface area contributed by atoms with Crippen LogP contribution in [0.2, 0.25) is 0 Å². The molecule has 126 valence electrons. The topological polar surface area (TPSA) is 100 Å². The molecule has 2 fully saturated rings. The molecule has 2 amide bonds. The standard InChI is InChI=1S/C17H20N4O2S/c1-24-16-13(8-18)12(7-14(20-16)10-4-5-10)17(23)21-6-2-3-11(9-21)15(19)22/h7,10-11H,2-6,9H2,1H3,(H2,19,22). The molecular formula is C17H20N4O2S. The first-order valence-electron chi connectivity index (χ1n) is 8.12. The van der Waals surface area contributed by atoms with Crippen molar-refractivity contribution in [2.45, 2.75) is 36.6 Å². The lowest BCUT2D eigenvalue weighted by Crippen LogP contribution is -2.44. The summed E-state index contributed by atoms with van der Waals surface area (Å²) >= 11 is 1.38. The van der Waals surface area contributed by atoms with Crippen molar-refractivity contribution in [3.8, 4) is 6.07 Å². The molecule has 3 rings (SSSR count). The van der Waals surface area contributed by atoms with Crippen LogP contribution < -0.4 is 5.73 Å². The van der Waals surface area contributed by atoms with Crippen LogP contribution in [-0.4, -0.2) is 41.0 Å². The van der Waals surface area contributed by atoms with Gasteiger partial charge in [-0.2, -0.15) is 5.26 Å². The molecule has 1 saturated heterocycles. The van der Waals surface area contributed by atoms with E-state index in [-0.39, 0.29) is 17.7 Å². The van der Waals surface area contributed by atoms with Crippen molar-refractivity contribution in [1.82, 2.24) is 9.88 Å². The molecule has 0 spiro atoms. The van der Waals surface area contributed by atoms with Crippen LogP contribution in [0.25, 0.3) is 0 Å². The Kier molecular flexibility index (Phi) is 4.76. The van der Waals surface area contributed by atoms with E-state index in [1.54, 1.807) is 11.0 Å². The van der Waals surface area contributed by atoms with E-state index < -0.39 is 0 Å². The first kappa shape index (κ1) is 16.8. The van der Waals surface area contributed by atoms with Gasteiger partial charge in [0.25, 0.3) is 5.91 Å². The number of nitrogens with zero attached hydrogens (tertiary/aromatic N) is 3. The number of nitriles is 1. The lowest BCUT2D eigenvalue weighted by atomic mass is 9.96. The van der Waals surface area contributed by atoms with Gasteiger partial charge in [0.1, 0.15) is 11.1 Å². The Morgan fingerprint density at radius 1 is 1.42 bits per heavy atom. The summed E-state index contributed by atoms with van der Waals surface area (Å²) in [5.41, 5.74) is 7.03. The van der Waals surface area contributed by atoms with Gasteiger partial charge in [0, 0.05) is 24.7 Å². The highest BCUT2D eigenvalue weighted by Crippen LogP contribution is 2.40. The van der Waals surface area contributed by atoms with E-state index in [1.807, 2.05) is 6.26 Å². The highest BCUT2D eigenvalue weighted by atomic mass is 32.2. The average Bonchev–Trinajstić information content (AvgIpc) is 3.45. The van der Waals surface area contributed by atoms with Crippen LogP contribution in [0.4, 0.5) is 0 Å². The molecule has 1 saturated carbocycles. The maximum absolute atomic E-state index is 13.0. The van der Waals surface area contributed by atoms with Gasteiger partial charge < -0.3 is 10.6 Å². The second-order valence-corrected chi connectivity index (χ2v) is 7.15. The van der Waals surface area contributed by atoms with Crippen LogP contribution in [0.5, 0.6) is 0 Å². The van der Waals surface area contributed by atoms with Crippen molar-refractivity contribution in [3.63, 3.8) is 0 Å². The molecule has 1 unspecified atom stereocenters. The number of hydrogen-bond donors (Lipinski definition) is 1. The minimum atomic E-state index is -0.369. The summed E-state index contributed by atoms with van der Waals surface area (Å²) in [4.78, 5) is 30.6. The third kappa shape index (κ3) is 3.24. The van der Waals surface area contributed by atoms with Crippen molar-refractivity contribution < 1.29 is 9.59 Å². The number of piperidine rings is 1. The summed E-state index contributed by atoms with van der Waals surface area (Å²) in [5, 5.41) is 10.1. The number of carbonyl (C=O) groups is 2. The Morgan fingerprint density at radius 2 is 2.17 bits per heavy atom. The second kappa shape index (κ2) is 6.81. The molecule has 1 aromatic heterocycles. The third-order valence-corrected chi connectivity index (χ3v) is 5.33. The molecule has 2 aliphatic rings. The van der Waals surface area contributed by atoms with E-state index in [0.29, 0.717) is 41.6 Å². The first-order valence-corrected chi connectivity index (χ1v) is 9.35. The number of nitrogens with two attached hydrogens (primary N) is 1. The average molecular weight is 344 g/mol. The van der Waals surface area contributed by atoms with Gasteiger partial charge in [-0.25, -0.2) is 4.98 Å². The quantitative estimate of drug-likeness (QED) is 0.841. The lowest BCUT2D eigenvalue weighted by molar-refractivity contribution is -0.123. The fourth-order valence-corrected chi connectivity index (χ4v) is 3.67. The fraction of sp³-hybridized carbons (Fsp3) is 0.529. The molecule has 24 heavy (non-hydrogen) atoms. The number of likely N-dealkylation sites (tertiary alicyclic amines) is 1. The molecule has 0 radical (unpaired) electrons. The summed E-state index contributed by atoms with van der Waals surface area (Å²) in [6.07, 6.45) is 5.47. The number of hydrogen-bond acceptors (Lipinski definition) is 5. The zero-order valence-corrected chi connectivity index (χ0v) is 14.4. The largest absolute Gasteiger partial charge is 0.369 e. The molecule has 1 aliphatic heterocycles. The number of primary amides is 1. The van der Waals surface area contributed by atoms with Crippen LogP contribution in [-0.2, 0) is 4.79 Å². The summed E-state index contributed by atoms with van der Waals surface area (Å²) in [7, 11) is 0. The van der Waals surface area contributed by atoms with Gasteiger partial charge in [-0.15, -0.1) is 11.8 Å². The van der Waals surface area contributed by atoms with Crippen LogP contribution in [0.15, 0.2) is 11.1 Å². The minimum Gasteiger partial charge on any atom is -0.369 e. The van der Waals surface area contributed by atoms with Crippen molar-refractivity contribution in [2.75, 3.05) is 19.3 Å². The molecule has 1 aromatic rings. The van der Waals surface area contributed by atoms with E-state index in [4.69, 9.17) is 5.73 Å². The van der Waals surface area contributed by atoms with Gasteiger partial charge in [0.15, 0.2) is 0 Å². The van der Waals surface area contributed by atoms with E-state index in [1.165, 1.54) is 11.8 Å². The summed E-state index contributed by atoms with van der Waals surface area (Å²) in [6, 6.07) is 3.90. The third-order valence-electron chi connectivity index (χ3n) is 4.65. The number of carbonyl (C=O) groups excluding carboxylic acids is 2.